The molecule has 0 aliphatic rings. The Hall–Kier alpha value is -1.89. The number of hydrogen-bond donors (Lipinski definition) is 1. The Balaban J connectivity index is 1.67. The molecule has 122 valence electrons. The minimum absolute atomic E-state index is 0.711. The minimum atomic E-state index is 0.711. The molecule has 0 saturated heterocycles. The molecule has 3 aromatic rings. The summed E-state index contributed by atoms with van der Waals surface area (Å²) < 4.78 is 6.08. The van der Waals surface area contributed by atoms with Gasteiger partial charge in [-0.15, -0.1) is 11.3 Å². The number of nitrogens with one attached hydrogen (secondary N) is 1. The number of benzene rings is 2. The second-order valence-corrected chi connectivity index (χ2v) is 6.96. The minimum Gasteiger partial charge on any atom is -0.496 e. The molecular weight excluding hydrogens is 410 g/mol. The van der Waals surface area contributed by atoms with Crippen molar-refractivity contribution in [3.05, 3.63) is 62.9 Å². The van der Waals surface area contributed by atoms with Gasteiger partial charge in [0, 0.05) is 16.0 Å². The number of halogens is 2. The van der Waals surface area contributed by atoms with Crippen molar-refractivity contribution in [2.75, 3.05) is 12.5 Å². The zero-order valence-electron chi connectivity index (χ0n) is 12.7. The Kier molecular flexibility index (Phi) is 5.50. The van der Waals surface area contributed by atoms with E-state index in [9.17, 15) is 0 Å². The molecule has 0 radical (unpaired) electrons. The highest BCUT2D eigenvalue weighted by Gasteiger charge is 2.04. The maximum atomic E-state index is 5.90. The van der Waals surface area contributed by atoms with Gasteiger partial charge in [-0.3, -0.25) is 5.43 Å². The Morgan fingerprint density at radius 2 is 2.04 bits per heavy atom. The van der Waals surface area contributed by atoms with Crippen molar-refractivity contribution < 1.29 is 4.74 Å². The van der Waals surface area contributed by atoms with E-state index in [1.807, 2.05) is 47.8 Å². The van der Waals surface area contributed by atoms with E-state index in [2.05, 4.69) is 31.4 Å². The summed E-state index contributed by atoms with van der Waals surface area (Å²) in [7, 11) is 1.64. The van der Waals surface area contributed by atoms with Gasteiger partial charge in [-0.1, -0.05) is 23.7 Å². The zero-order chi connectivity index (χ0) is 16.9. The third-order valence-corrected chi connectivity index (χ3v) is 4.81. The van der Waals surface area contributed by atoms with Crippen LogP contribution in [0.25, 0.3) is 11.3 Å². The van der Waals surface area contributed by atoms with Crippen molar-refractivity contribution in [2.45, 2.75) is 0 Å². The highest BCUT2D eigenvalue weighted by Crippen LogP contribution is 2.26. The van der Waals surface area contributed by atoms with Crippen LogP contribution in [0, 0.1) is 0 Å². The summed E-state index contributed by atoms with van der Waals surface area (Å²) >= 11 is 10.8. The lowest BCUT2D eigenvalue weighted by atomic mass is 10.2. The lowest BCUT2D eigenvalue weighted by Gasteiger charge is -2.03. The van der Waals surface area contributed by atoms with Crippen LogP contribution in [0.2, 0.25) is 5.02 Å². The van der Waals surface area contributed by atoms with E-state index in [4.69, 9.17) is 16.3 Å². The Morgan fingerprint density at radius 1 is 1.25 bits per heavy atom. The van der Waals surface area contributed by atoms with E-state index in [-0.39, 0.29) is 0 Å². The summed E-state index contributed by atoms with van der Waals surface area (Å²) in [5.74, 6) is 0.785. The molecule has 24 heavy (non-hydrogen) atoms. The smallest absolute Gasteiger partial charge is 0.203 e. The summed E-state index contributed by atoms with van der Waals surface area (Å²) in [6.07, 6.45) is 1.73. The monoisotopic (exact) mass is 421 g/mol. The predicted octanol–water partition coefficient (Wildman–Crippen LogP) is 5.68. The van der Waals surface area contributed by atoms with E-state index in [1.165, 1.54) is 11.3 Å². The molecule has 0 amide bonds. The van der Waals surface area contributed by atoms with Gasteiger partial charge in [0.2, 0.25) is 5.13 Å². The Labute approximate surface area is 157 Å². The quantitative estimate of drug-likeness (QED) is 0.425. The van der Waals surface area contributed by atoms with Crippen molar-refractivity contribution in [1.82, 2.24) is 4.98 Å². The largest absolute Gasteiger partial charge is 0.496 e. The third-order valence-electron chi connectivity index (χ3n) is 3.19. The first-order chi connectivity index (χ1) is 11.7. The molecule has 0 aliphatic heterocycles. The maximum Gasteiger partial charge on any atom is 0.203 e. The molecule has 1 N–H and O–H groups in total. The number of thiazole rings is 1. The van der Waals surface area contributed by atoms with Gasteiger partial charge < -0.3 is 4.74 Å². The topological polar surface area (TPSA) is 46.5 Å². The lowest BCUT2D eigenvalue weighted by Crippen LogP contribution is -1.91. The Bertz CT molecular complexity index is 865. The van der Waals surface area contributed by atoms with E-state index < -0.39 is 0 Å². The van der Waals surface area contributed by atoms with Crippen LogP contribution in [0.4, 0.5) is 5.13 Å². The average molecular weight is 423 g/mol. The number of anilines is 1. The molecule has 0 unspecified atom stereocenters. The standard InChI is InChI=1S/C17H13BrClN3OS/c1-23-16-7-2-11(8-14(16)18)9-20-22-17-21-15(10-24-17)12-3-5-13(19)6-4-12/h2-10H,1H3,(H,21,22)/b20-9+. The highest BCUT2D eigenvalue weighted by atomic mass is 79.9. The molecule has 0 fully saturated rings. The van der Waals surface area contributed by atoms with Gasteiger partial charge in [0.1, 0.15) is 5.75 Å². The molecular formula is C17H13BrClN3OS. The third kappa shape index (κ3) is 4.14. The van der Waals surface area contributed by atoms with E-state index in [1.54, 1.807) is 13.3 Å². The number of ether oxygens (including phenoxy) is 1. The SMILES string of the molecule is COc1ccc(/C=N/Nc2nc(-c3ccc(Cl)cc3)cs2)cc1Br. The summed E-state index contributed by atoms with van der Waals surface area (Å²) in [5.41, 5.74) is 5.81. The molecule has 1 aromatic heterocycles. The molecule has 0 spiro atoms. The average Bonchev–Trinajstić information content (AvgIpc) is 3.04. The molecule has 2 aromatic carbocycles. The van der Waals surface area contributed by atoms with Crippen LogP contribution in [-0.4, -0.2) is 18.3 Å². The van der Waals surface area contributed by atoms with E-state index in [0.717, 1.165) is 32.2 Å². The number of aromatic nitrogens is 1. The first-order valence-electron chi connectivity index (χ1n) is 7.00. The fraction of sp³-hybridized carbons (Fsp3) is 0.0588. The van der Waals surface area contributed by atoms with Crippen LogP contribution in [0.5, 0.6) is 5.75 Å². The predicted molar refractivity (Wildman–Crippen MR) is 104 cm³/mol. The van der Waals surface area contributed by atoms with E-state index in [0.29, 0.717) is 5.02 Å². The van der Waals surface area contributed by atoms with E-state index >= 15 is 0 Å². The number of hydrazone groups is 1. The van der Waals surface area contributed by atoms with Crippen molar-refractivity contribution >= 4 is 50.2 Å². The number of hydrogen-bond acceptors (Lipinski definition) is 5. The first kappa shape index (κ1) is 17.0. The fourth-order valence-corrected chi connectivity index (χ4v) is 3.36. The number of methoxy groups -OCH3 is 1. The van der Waals surface area contributed by atoms with Gasteiger partial charge in [0.25, 0.3) is 0 Å². The molecule has 0 atom stereocenters. The van der Waals surface area contributed by atoms with Gasteiger partial charge in [0.05, 0.1) is 23.5 Å². The second kappa shape index (κ2) is 7.79. The maximum absolute atomic E-state index is 5.90. The van der Waals surface area contributed by atoms with Gasteiger partial charge in [-0.2, -0.15) is 5.10 Å². The molecule has 0 aliphatic carbocycles. The zero-order valence-corrected chi connectivity index (χ0v) is 15.8. The van der Waals surface area contributed by atoms with Gasteiger partial charge in [-0.05, 0) is 51.8 Å². The van der Waals surface area contributed by atoms with Crippen LogP contribution in [0.1, 0.15) is 5.56 Å². The highest BCUT2D eigenvalue weighted by molar-refractivity contribution is 9.10. The lowest BCUT2D eigenvalue weighted by molar-refractivity contribution is 0.412. The molecule has 0 saturated carbocycles. The number of nitrogens with zero attached hydrogens (tertiary/aromatic N) is 2. The fourth-order valence-electron chi connectivity index (χ4n) is 2.00. The normalized spacial score (nSPS) is 11.0. The molecule has 0 bridgehead atoms. The van der Waals surface area contributed by atoms with Gasteiger partial charge in [-0.25, -0.2) is 4.98 Å². The van der Waals surface area contributed by atoms with Crippen LogP contribution in [-0.2, 0) is 0 Å². The van der Waals surface area contributed by atoms with Crippen LogP contribution in [0.15, 0.2) is 57.4 Å². The molecule has 3 rings (SSSR count). The molecule has 1 heterocycles. The van der Waals surface area contributed by atoms with Gasteiger partial charge >= 0.3 is 0 Å². The van der Waals surface area contributed by atoms with Crippen molar-refractivity contribution in [2.24, 2.45) is 5.10 Å². The van der Waals surface area contributed by atoms with Crippen LogP contribution < -0.4 is 10.2 Å². The van der Waals surface area contributed by atoms with Crippen molar-refractivity contribution in [1.29, 1.82) is 0 Å². The summed E-state index contributed by atoms with van der Waals surface area (Å²) in [6.45, 7) is 0. The van der Waals surface area contributed by atoms with Crippen LogP contribution in [0.3, 0.4) is 0 Å². The summed E-state index contributed by atoms with van der Waals surface area (Å²) in [6, 6.07) is 13.3. The second-order valence-electron chi connectivity index (χ2n) is 4.81. The Morgan fingerprint density at radius 3 is 2.75 bits per heavy atom. The van der Waals surface area contributed by atoms with Gasteiger partial charge in [0.15, 0.2) is 0 Å². The molecule has 4 nitrogen and oxygen atoms in total. The summed E-state index contributed by atoms with van der Waals surface area (Å²) in [5, 5.41) is 7.63. The van der Waals surface area contributed by atoms with Crippen molar-refractivity contribution in [3.8, 4) is 17.0 Å². The first-order valence-corrected chi connectivity index (χ1v) is 9.05. The van der Waals surface area contributed by atoms with Crippen LogP contribution >= 0.6 is 38.9 Å². The van der Waals surface area contributed by atoms with Crippen molar-refractivity contribution in [3.63, 3.8) is 0 Å². The number of rotatable bonds is 5. The molecule has 7 heteroatoms. The summed E-state index contributed by atoms with van der Waals surface area (Å²) in [4.78, 5) is 4.51.